The molecule has 1 atom stereocenters. The van der Waals surface area contributed by atoms with Gasteiger partial charge in [0.05, 0.1) is 18.7 Å². The first kappa shape index (κ1) is 20.4. The number of hydrogen-bond donors (Lipinski definition) is 2. The molecule has 0 saturated carbocycles. The van der Waals surface area contributed by atoms with E-state index in [2.05, 4.69) is 10.6 Å². The van der Waals surface area contributed by atoms with E-state index in [1.807, 2.05) is 37.3 Å². The molecule has 2 N–H and O–H groups in total. The van der Waals surface area contributed by atoms with Crippen LogP contribution in [0.15, 0.2) is 42.5 Å². The Morgan fingerprint density at radius 3 is 2.55 bits per heavy atom. The van der Waals surface area contributed by atoms with E-state index in [0.717, 1.165) is 11.1 Å². The molecule has 1 fully saturated rings. The van der Waals surface area contributed by atoms with Crippen molar-refractivity contribution in [1.29, 1.82) is 0 Å². The Kier molecular flexibility index (Phi) is 6.16. The summed E-state index contributed by atoms with van der Waals surface area (Å²) in [4.78, 5) is 37.8. The number of methoxy groups -OCH3 is 1. The number of nitrogens with zero attached hydrogens (tertiary/aromatic N) is 1. The Bertz CT molecular complexity index is 924. The highest BCUT2D eigenvalue weighted by molar-refractivity contribution is 6.01. The van der Waals surface area contributed by atoms with Crippen LogP contribution in [0.1, 0.15) is 24.5 Å². The summed E-state index contributed by atoms with van der Waals surface area (Å²) in [5.41, 5.74) is 3.33. The third kappa shape index (κ3) is 4.93. The van der Waals surface area contributed by atoms with Gasteiger partial charge in [0.1, 0.15) is 5.75 Å². The van der Waals surface area contributed by atoms with E-state index in [9.17, 15) is 14.4 Å². The second-order valence-electron chi connectivity index (χ2n) is 7.18. The lowest BCUT2D eigenvalue weighted by Gasteiger charge is -2.20. The van der Waals surface area contributed by atoms with Gasteiger partial charge >= 0.3 is 0 Å². The van der Waals surface area contributed by atoms with Crippen molar-refractivity contribution in [2.45, 2.75) is 26.8 Å². The van der Waals surface area contributed by atoms with Crippen LogP contribution in [0.5, 0.6) is 5.75 Å². The van der Waals surface area contributed by atoms with Gasteiger partial charge in [0.25, 0.3) is 0 Å². The Labute approximate surface area is 170 Å². The minimum atomic E-state index is -0.411. The number of nitrogens with one attached hydrogen (secondary N) is 2. The SMILES string of the molecule is COc1ccc(C)cc1N1CC(C(=O)NCc2ccc(NC(C)=O)cc2)CC1=O. The first-order chi connectivity index (χ1) is 13.9. The second-order valence-corrected chi connectivity index (χ2v) is 7.18. The fourth-order valence-electron chi connectivity index (χ4n) is 3.37. The van der Waals surface area contributed by atoms with E-state index in [0.29, 0.717) is 30.2 Å². The molecule has 152 valence electrons. The normalized spacial score (nSPS) is 15.9. The first-order valence-corrected chi connectivity index (χ1v) is 9.46. The summed E-state index contributed by atoms with van der Waals surface area (Å²) < 4.78 is 5.38. The van der Waals surface area contributed by atoms with Crippen LogP contribution in [-0.4, -0.2) is 31.4 Å². The highest BCUT2D eigenvalue weighted by atomic mass is 16.5. The van der Waals surface area contributed by atoms with E-state index in [1.165, 1.54) is 6.92 Å². The van der Waals surface area contributed by atoms with Crippen molar-refractivity contribution in [2.75, 3.05) is 23.9 Å². The maximum atomic E-state index is 12.6. The molecule has 1 saturated heterocycles. The van der Waals surface area contributed by atoms with Crippen LogP contribution in [-0.2, 0) is 20.9 Å². The number of benzene rings is 2. The maximum absolute atomic E-state index is 12.6. The van der Waals surface area contributed by atoms with Crippen molar-refractivity contribution in [3.8, 4) is 5.75 Å². The number of amides is 3. The molecule has 1 heterocycles. The van der Waals surface area contributed by atoms with Gasteiger partial charge in [-0.1, -0.05) is 18.2 Å². The number of ether oxygens (including phenoxy) is 1. The summed E-state index contributed by atoms with van der Waals surface area (Å²) in [5, 5.41) is 5.60. The van der Waals surface area contributed by atoms with E-state index in [-0.39, 0.29) is 24.1 Å². The molecule has 29 heavy (non-hydrogen) atoms. The zero-order valence-electron chi connectivity index (χ0n) is 16.8. The Morgan fingerprint density at radius 1 is 1.17 bits per heavy atom. The van der Waals surface area contributed by atoms with Crippen LogP contribution in [0, 0.1) is 12.8 Å². The van der Waals surface area contributed by atoms with Gasteiger partial charge in [-0.3, -0.25) is 14.4 Å². The average molecular weight is 395 g/mol. The largest absolute Gasteiger partial charge is 0.495 e. The number of aryl methyl sites for hydroxylation is 1. The van der Waals surface area contributed by atoms with E-state index in [1.54, 1.807) is 24.1 Å². The molecule has 0 spiro atoms. The van der Waals surface area contributed by atoms with Gasteiger partial charge in [-0.25, -0.2) is 0 Å². The molecule has 1 aliphatic heterocycles. The van der Waals surface area contributed by atoms with Gasteiger partial charge in [-0.05, 0) is 42.3 Å². The standard InChI is InChI=1S/C22H25N3O4/c1-14-4-9-20(29-3)19(10-14)25-13-17(11-21(25)27)22(28)23-12-16-5-7-18(8-6-16)24-15(2)26/h4-10,17H,11-13H2,1-3H3,(H,23,28)(H,24,26). The quantitative estimate of drug-likeness (QED) is 0.787. The van der Waals surface area contributed by atoms with E-state index in [4.69, 9.17) is 4.74 Å². The Morgan fingerprint density at radius 2 is 1.90 bits per heavy atom. The lowest BCUT2D eigenvalue weighted by molar-refractivity contribution is -0.126. The lowest BCUT2D eigenvalue weighted by atomic mass is 10.1. The summed E-state index contributed by atoms with van der Waals surface area (Å²) in [6.45, 7) is 4.08. The van der Waals surface area contributed by atoms with Crippen molar-refractivity contribution in [3.63, 3.8) is 0 Å². The number of rotatable bonds is 6. The van der Waals surface area contributed by atoms with Gasteiger partial charge in [0.15, 0.2) is 0 Å². The number of carbonyl (C=O) groups is 3. The van der Waals surface area contributed by atoms with Crippen LogP contribution in [0.25, 0.3) is 0 Å². The average Bonchev–Trinajstić information content (AvgIpc) is 3.08. The lowest BCUT2D eigenvalue weighted by Crippen LogP contribution is -2.32. The summed E-state index contributed by atoms with van der Waals surface area (Å²) in [6, 6.07) is 12.9. The van der Waals surface area contributed by atoms with Crippen molar-refractivity contribution in [1.82, 2.24) is 5.32 Å². The van der Waals surface area contributed by atoms with Crippen LogP contribution in [0.4, 0.5) is 11.4 Å². The first-order valence-electron chi connectivity index (χ1n) is 9.46. The summed E-state index contributed by atoms with van der Waals surface area (Å²) in [6.07, 6.45) is 0.171. The molecule has 1 unspecified atom stereocenters. The number of hydrogen-bond acceptors (Lipinski definition) is 4. The number of carbonyl (C=O) groups excluding carboxylic acids is 3. The van der Waals surface area contributed by atoms with Crippen molar-refractivity contribution in [3.05, 3.63) is 53.6 Å². The van der Waals surface area contributed by atoms with Crippen LogP contribution in [0.3, 0.4) is 0 Å². The molecule has 2 aromatic rings. The summed E-state index contributed by atoms with van der Waals surface area (Å²) in [7, 11) is 1.57. The monoisotopic (exact) mass is 395 g/mol. The molecule has 0 radical (unpaired) electrons. The van der Waals surface area contributed by atoms with Crippen molar-refractivity contribution < 1.29 is 19.1 Å². The van der Waals surface area contributed by atoms with Crippen molar-refractivity contribution >= 4 is 29.1 Å². The molecule has 2 aromatic carbocycles. The van der Waals surface area contributed by atoms with Gasteiger partial charge in [-0.15, -0.1) is 0 Å². The number of anilines is 2. The van der Waals surface area contributed by atoms with E-state index < -0.39 is 5.92 Å². The fraction of sp³-hybridized carbons (Fsp3) is 0.318. The molecule has 0 aromatic heterocycles. The summed E-state index contributed by atoms with van der Waals surface area (Å²) in [5.74, 6) is -0.172. The topological polar surface area (TPSA) is 87.7 Å². The molecule has 3 amide bonds. The highest BCUT2D eigenvalue weighted by Crippen LogP contribution is 2.33. The molecular formula is C22H25N3O4. The van der Waals surface area contributed by atoms with Gasteiger partial charge in [-0.2, -0.15) is 0 Å². The molecule has 7 heteroatoms. The predicted molar refractivity (Wildman–Crippen MR) is 111 cm³/mol. The molecular weight excluding hydrogens is 370 g/mol. The zero-order valence-corrected chi connectivity index (χ0v) is 16.8. The Balaban J connectivity index is 1.61. The molecule has 7 nitrogen and oxygen atoms in total. The third-order valence-electron chi connectivity index (χ3n) is 4.86. The third-order valence-corrected chi connectivity index (χ3v) is 4.86. The van der Waals surface area contributed by atoms with Gasteiger partial charge in [0.2, 0.25) is 17.7 Å². The van der Waals surface area contributed by atoms with Gasteiger partial charge < -0.3 is 20.3 Å². The molecule has 0 bridgehead atoms. The van der Waals surface area contributed by atoms with Crippen LogP contribution >= 0.6 is 0 Å². The smallest absolute Gasteiger partial charge is 0.227 e. The van der Waals surface area contributed by atoms with Crippen molar-refractivity contribution in [2.24, 2.45) is 5.92 Å². The minimum absolute atomic E-state index is 0.0892. The van der Waals surface area contributed by atoms with E-state index >= 15 is 0 Å². The second kappa shape index (κ2) is 8.77. The fourth-order valence-corrected chi connectivity index (χ4v) is 3.37. The molecule has 1 aliphatic rings. The molecule has 0 aliphatic carbocycles. The van der Waals surface area contributed by atoms with Crippen LogP contribution in [0.2, 0.25) is 0 Å². The highest BCUT2D eigenvalue weighted by Gasteiger charge is 2.36. The predicted octanol–water partition coefficient (Wildman–Crippen LogP) is 2.63. The minimum Gasteiger partial charge on any atom is -0.495 e. The summed E-state index contributed by atoms with van der Waals surface area (Å²) >= 11 is 0. The maximum Gasteiger partial charge on any atom is 0.227 e. The van der Waals surface area contributed by atoms with Crippen LogP contribution < -0.4 is 20.3 Å². The molecule has 3 rings (SSSR count). The zero-order chi connectivity index (χ0) is 21.0. The Hall–Kier alpha value is -3.35. The van der Waals surface area contributed by atoms with Gasteiger partial charge in [0, 0.05) is 32.1 Å².